The molecule has 2 amide bonds. The first-order valence-corrected chi connectivity index (χ1v) is 11.3. The summed E-state index contributed by atoms with van der Waals surface area (Å²) in [4.78, 5) is 28.2. The van der Waals surface area contributed by atoms with Crippen LogP contribution < -0.4 is 10.6 Å². The van der Waals surface area contributed by atoms with Gasteiger partial charge in [0.15, 0.2) is 21.5 Å². The van der Waals surface area contributed by atoms with Gasteiger partial charge in [0.05, 0.1) is 11.1 Å². The molecule has 0 aliphatic rings. The number of sulfone groups is 1. The number of aromatic nitrogens is 1. The second-order valence-corrected chi connectivity index (χ2v) is 9.33. The molecular formula is C20H27N3O5S. The number of carbonyl (C=O) groups is 2. The van der Waals surface area contributed by atoms with Crippen LogP contribution >= 0.6 is 0 Å². The monoisotopic (exact) mass is 421 g/mol. The number of hydrogen-bond acceptors (Lipinski definition) is 6. The molecule has 0 radical (unpaired) electrons. The largest absolute Gasteiger partial charge is 0.441 e. The minimum atomic E-state index is -3.25. The summed E-state index contributed by atoms with van der Waals surface area (Å²) >= 11 is 0. The molecule has 2 rings (SSSR count). The lowest BCUT2D eigenvalue weighted by Gasteiger charge is -2.14. The third kappa shape index (κ3) is 7.34. The molecule has 1 atom stereocenters. The number of nitrogens with one attached hydrogen (secondary N) is 2. The molecule has 0 aliphatic heterocycles. The molecule has 1 unspecified atom stereocenters. The topological polar surface area (TPSA) is 118 Å². The van der Waals surface area contributed by atoms with Crippen molar-refractivity contribution in [2.45, 2.75) is 57.0 Å². The summed E-state index contributed by atoms with van der Waals surface area (Å²) in [6.07, 6.45) is 3.41. The minimum Gasteiger partial charge on any atom is -0.441 e. The second kappa shape index (κ2) is 9.69. The van der Waals surface area contributed by atoms with Gasteiger partial charge in [-0.15, -0.1) is 0 Å². The highest BCUT2D eigenvalue weighted by Gasteiger charge is 2.14. The van der Waals surface area contributed by atoms with E-state index in [1.165, 1.54) is 12.1 Å². The summed E-state index contributed by atoms with van der Waals surface area (Å²) in [5, 5.41) is 5.57. The van der Waals surface area contributed by atoms with Crippen LogP contribution in [0.15, 0.2) is 39.8 Å². The van der Waals surface area contributed by atoms with E-state index in [-0.39, 0.29) is 41.6 Å². The van der Waals surface area contributed by atoms with Gasteiger partial charge in [-0.25, -0.2) is 13.4 Å². The summed E-state index contributed by atoms with van der Waals surface area (Å²) in [7, 11) is -3.25. The van der Waals surface area contributed by atoms with Crippen molar-refractivity contribution >= 4 is 21.7 Å². The van der Waals surface area contributed by atoms with Gasteiger partial charge in [0, 0.05) is 43.2 Å². The first-order chi connectivity index (χ1) is 13.5. The van der Waals surface area contributed by atoms with Gasteiger partial charge in [0.25, 0.3) is 0 Å². The van der Waals surface area contributed by atoms with E-state index in [9.17, 15) is 18.0 Å². The first kappa shape index (κ1) is 22.6. The molecule has 9 heteroatoms. The average Bonchev–Trinajstić information content (AvgIpc) is 3.07. The van der Waals surface area contributed by atoms with E-state index >= 15 is 0 Å². The van der Waals surface area contributed by atoms with Crippen molar-refractivity contribution < 1.29 is 22.4 Å². The summed E-state index contributed by atoms with van der Waals surface area (Å²) in [6.45, 7) is 5.54. The molecular weight excluding hydrogens is 394 g/mol. The molecule has 2 N–H and O–H groups in total. The van der Waals surface area contributed by atoms with E-state index in [0.717, 1.165) is 6.26 Å². The third-order valence-corrected chi connectivity index (χ3v) is 5.16. The van der Waals surface area contributed by atoms with Crippen molar-refractivity contribution in [1.82, 2.24) is 15.6 Å². The van der Waals surface area contributed by atoms with Crippen LogP contribution in [-0.4, -0.2) is 43.6 Å². The Labute approximate surface area is 171 Å². The highest BCUT2D eigenvalue weighted by atomic mass is 32.2. The van der Waals surface area contributed by atoms with Crippen LogP contribution in [-0.2, 0) is 25.8 Å². The fourth-order valence-electron chi connectivity index (χ4n) is 2.70. The lowest BCUT2D eigenvalue weighted by atomic mass is 10.2. The van der Waals surface area contributed by atoms with Crippen molar-refractivity contribution in [2.24, 2.45) is 0 Å². The zero-order chi connectivity index (χ0) is 21.6. The Morgan fingerprint density at radius 3 is 2.31 bits per heavy atom. The quantitative estimate of drug-likeness (QED) is 0.640. The molecule has 0 fully saturated rings. The first-order valence-electron chi connectivity index (χ1n) is 9.38. The van der Waals surface area contributed by atoms with Crippen molar-refractivity contribution in [3.05, 3.63) is 36.4 Å². The zero-order valence-corrected chi connectivity index (χ0v) is 17.9. The number of oxazole rings is 1. The van der Waals surface area contributed by atoms with E-state index in [1.807, 2.05) is 13.8 Å². The molecule has 1 aromatic carbocycles. The van der Waals surface area contributed by atoms with Crippen LogP contribution in [0.4, 0.5) is 0 Å². The van der Waals surface area contributed by atoms with Gasteiger partial charge in [0.1, 0.15) is 0 Å². The predicted octanol–water partition coefficient (Wildman–Crippen LogP) is 2.10. The Morgan fingerprint density at radius 1 is 1.07 bits per heavy atom. The molecule has 0 spiro atoms. The molecule has 1 heterocycles. The number of aryl methyl sites for hydroxylation is 1. The van der Waals surface area contributed by atoms with Crippen LogP contribution in [0.2, 0.25) is 0 Å². The molecule has 0 aliphatic carbocycles. The third-order valence-electron chi connectivity index (χ3n) is 4.04. The van der Waals surface area contributed by atoms with Gasteiger partial charge in [0.2, 0.25) is 11.8 Å². The van der Waals surface area contributed by atoms with E-state index in [1.54, 1.807) is 25.3 Å². The Morgan fingerprint density at radius 2 is 1.72 bits per heavy atom. The van der Waals surface area contributed by atoms with E-state index in [2.05, 4.69) is 15.6 Å². The number of nitrogens with zero attached hydrogens (tertiary/aromatic N) is 1. The van der Waals surface area contributed by atoms with E-state index in [4.69, 9.17) is 4.42 Å². The molecule has 158 valence electrons. The van der Waals surface area contributed by atoms with Crippen molar-refractivity contribution in [2.75, 3.05) is 6.26 Å². The number of carbonyl (C=O) groups excluding carboxylic acids is 2. The van der Waals surface area contributed by atoms with Gasteiger partial charge in [-0.2, -0.15) is 0 Å². The lowest BCUT2D eigenvalue weighted by molar-refractivity contribution is -0.123. The van der Waals surface area contributed by atoms with E-state index < -0.39 is 9.84 Å². The van der Waals surface area contributed by atoms with Crippen LogP contribution in [0, 0.1) is 0 Å². The Balaban J connectivity index is 1.85. The lowest BCUT2D eigenvalue weighted by Crippen LogP contribution is -2.39. The molecule has 29 heavy (non-hydrogen) atoms. The van der Waals surface area contributed by atoms with Crippen LogP contribution in [0.3, 0.4) is 0 Å². The number of benzene rings is 1. The van der Waals surface area contributed by atoms with Gasteiger partial charge in [-0.05, 0) is 45.0 Å². The highest BCUT2D eigenvalue weighted by Crippen LogP contribution is 2.22. The Kier molecular flexibility index (Phi) is 7.55. The Hall–Kier alpha value is -2.68. The fraction of sp³-hybridized carbons (Fsp3) is 0.450. The molecule has 1 aromatic heterocycles. The molecule has 0 saturated carbocycles. The minimum absolute atomic E-state index is 0.0622. The van der Waals surface area contributed by atoms with Crippen LogP contribution in [0.5, 0.6) is 0 Å². The van der Waals surface area contributed by atoms with Crippen LogP contribution in [0.1, 0.15) is 39.5 Å². The van der Waals surface area contributed by atoms with Gasteiger partial charge < -0.3 is 15.1 Å². The van der Waals surface area contributed by atoms with Crippen molar-refractivity contribution in [3.8, 4) is 11.3 Å². The molecule has 0 saturated heterocycles. The fourth-order valence-corrected chi connectivity index (χ4v) is 3.33. The molecule has 2 aromatic rings. The summed E-state index contributed by atoms with van der Waals surface area (Å²) in [5.74, 6) is 0.617. The van der Waals surface area contributed by atoms with Gasteiger partial charge >= 0.3 is 0 Å². The second-order valence-electron chi connectivity index (χ2n) is 7.31. The smallest absolute Gasteiger partial charge is 0.222 e. The number of amides is 2. The zero-order valence-electron chi connectivity index (χ0n) is 17.1. The maximum absolute atomic E-state index is 12.1. The molecule has 0 bridgehead atoms. The maximum atomic E-state index is 12.1. The highest BCUT2D eigenvalue weighted by molar-refractivity contribution is 7.90. The normalized spacial score (nSPS) is 12.6. The average molecular weight is 422 g/mol. The summed E-state index contributed by atoms with van der Waals surface area (Å²) in [5.41, 5.74) is 0.699. The predicted molar refractivity (Wildman–Crippen MR) is 109 cm³/mol. The van der Waals surface area contributed by atoms with Gasteiger partial charge in [-0.1, -0.05) is 0 Å². The summed E-state index contributed by atoms with van der Waals surface area (Å²) < 4.78 is 28.7. The summed E-state index contributed by atoms with van der Waals surface area (Å²) in [6, 6.07) is 6.12. The van der Waals surface area contributed by atoms with Crippen LogP contribution in [0.25, 0.3) is 11.3 Å². The van der Waals surface area contributed by atoms with Crippen molar-refractivity contribution in [3.63, 3.8) is 0 Å². The molecule has 8 nitrogen and oxygen atoms in total. The van der Waals surface area contributed by atoms with E-state index in [0.29, 0.717) is 23.6 Å². The number of hydrogen-bond donors (Lipinski definition) is 2. The van der Waals surface area contributed by atoms with Gasteiger partial charge in [-0.3, -0.25) is 9.59 Å². The Bertz CT molecular complexity index is 949. The SMILES string of the molecule is CC(C)NC(=O)CC(C)NC(=O)CCc1ncc(-c2ccc(S(C)(=O)=O)cc2)o1. The number of rotatable bonds is 9. The van der Waals surface area contributed by atoms with Crippen molar-refractivity contribution in [1.29, 1.82) is 0 Å². The standard InChI is InChI=1S/C20H27N3O5S/c1-13(2)22-19(25)11-14(3)23-18(24)9-10-20-21-12-17(28-20)15-5-7-16(8-6-15)29(4,26)27/h5-8,12-14H,9-11H2,1-4H3,(H,22,25)(H,23,24). The maximum Gasteiger partial charge on any atom is 0.222 e.